The van der Waals surface area contributed by atoms with Gasteiger partial charge in [0.1, 0.15) is 17.4 Å². The van der Waals surface area contributed by atoms with E-state index in [1.54, 1.807) is 48.5 Å². The molecule has 0 aliphatic rings. The number of Topliss-reactive ketones (excluding diaryl/α,β-unsaturated/α-hetero) is 1. The van der Waals surface area contributed by atoms with Crippen molar-refractivity contribution in [3.05, 3.63) is 70.8 Å². The number of nitriles is 2. The van der Waals surface area contributed by atoms with Crippen LogP contribution in [0.25, 0.3) is 6.08 Å². The number of nitrogens with zero attached hydrogens (tertiary/aromatic N) is 2. The van der Waals surface area contributed by atoms with Gasteiger partial charge in [0.05, 0.1) is 24.3 Å². The third-order valence-electron chi connectivity index (χ3n) is 3.07. The SMILES string of the molecule is COc1ccccc1C(=O)/C(C#N)=C/c1ccc(C#N)cc1. The lowest BCUT2D eigenvalue weighted by Gasteiger charge is -2.06. The van der Waals surface area contributed by atoms with E-state index < -0.39 is 5.78 Å². The maximum atomic E-state index is 12.5. The summed E-state index contributed by atoms with van der Waals surface area (Å²) in [4.78, 5) is 12.5. The van der Waals surface area contributed by atoms with E-state index in [4.69, 9.17) is 10.00 Å². The number of hydrogen-bond donors (Lipinski definition) is 0. The molecule has 2 rings (SSSR count). The first-order valence-electron chi connectivity index (χ1n) is 6.49. The van der Waals surface area contributed by atoms with Crippen molar-refractivity contribution in [2.45, 2.75) is 0 Å². The fourth-order valence-corrected chi connectivity index (χ4v) is 1.95. The molecule has 0 fully saturated rings. The number of para-hydroxylation sites is 1. The van der Waals surface area contributed by atoms with E-state index in [-0.39, 0.29) is 5.57 Å². The summed E-state index contributed by atoms with van der Waals surface area (Å²) in [7, 11) is 1.47. The molecule has 0 aromatic heterocycles. The smallest absolute Gasteiger partial charge is 0.207 e. The van der Waals surface area contributed by atoms with Gasteiger partial charge in [0, 0.05) is 0 Å². The highest BCUT2D eigenvalue weighted by atomic mass is 16.5. The fraction of sp³-hybridized carbons (Fsp3) is 0.0556. The van der Waals surface area contributed by atoms with Crippen LogP contribution in [0.15, 0.2) is 54.1 Å². The minimum absolute atomic E-state index is 0.00853. The minimum atomic E-state index is -0.399. The van der Waals surface area contributed by atoms with Crippen molar-refractivity contribution < 1.29 is 9.53 Å². The molecule has 0 aliphatic heterocycles. The van der Waals surface area contributed by atoms with Crippen molar-refractivity contribution in [1.82, 2.24) is 0 Å². The number of carbonyl (C=O) groups is 1. The highest BCUT2D eigenvalue weighted by Gasteiger charge is 2.16. The van der Waals surface area contributed by atoms with Crippen LogP contribution < -0.4 is 4.74 Å². The van der Waals surface area contributed by atoms with Crippen LogP contribution in [-0.2, 0) is 0 Å². The van der Waals surface area contributed by atoms with Gasteiger partial charge in [0.2, 0.25) is 5.78 Å². The molecule has 0 saturated heterocycles. The number of allylic oxidation sites excluding steroid dienone is 1. The summed E-state index contributed by atoms with van der Waals surface area (Å²) in [5, 5.41) is 18.0. The Hall–Kier alpha value is -3.37. The summed E-state index contributed by atoms with van der Waals surface area (Å²) in [6.07, 6.45) is 1.50. The van der Waals surface area contributed by atoms with Crippen LogP contribution in [0.2, 0.25) is 0 Å². The largest absolute Gasteiger partial charge is 0.496 e. The number of benzene rings is 2. The Morgan fingerprint density at radius 1 is 1.09 bits per heavy atom. The Balaban J connectivity index is 2.39. The van der Waals surface area contributed by atoms with E-state index in [0.29, 0.717) is 22.4 Å². The van der Waals surface area contributed by atoms with Gasteiger partial charge >= 0.3 is 0 Å². The second-order valence-corrected chi connectivity index (χ2v) is 4.43. The van der Waals surface area contributed by atoms with Gasteiger partial charge < -0.3 is 4.74 Å². The molecule has 0 saturated carbocycles. The molecule has 0 unspecified atom stereocenters. The quantitative estimate of drug-likeness (QED) is 0.491. The molecule has 0 aliphatic carbocycles. The van der Waals surface area contributed by atoms with Crippen molar-refractivity contribution >= 4 is 11.9 Å². The predicted molar refractivity (Wildman–Crippen MR) is 82.1 cm³/mol. The zero-order valence-corrected chi connectivity index (χ0v) is 11.9. The molecule has 4 nitrogen and oxygen atoms in total. The van der Waals surface area contributed by atoms with Crippen molar-refractivity contribution in [2.24, 2.45) is 0 Å². The molecule has 0 amide bonds. The summed E-state index contributed by atoms with van der Waals surface area (Å²) < 4.78 is 5.15. The van der Waals surface area contributed by atoms with Gasteiger partial charge in [-0.3, -0.25) is 4.79 Å². The Kier molecular flexibility index (Phi) is 4.70. The number of ether oxygens (including phenoxy) is 1. The molecular formula is C18H12N2O2. The van der Waals surface area contributed by atoms with Crippen LogP contribution in [0.5, 0.6) is 5.75 Å². The molecular weight excluding hydrogens is 276 g/mol. The van der Waals surface area contributed by atoms with Gasteiger partial charge in [-0.1, -0.05) is 24.3 Å². The number of hydrogen-bond acceptors (Lipinski definition) is 4. The van der Waals surface area contributed by atoms with E-state index in [1.807, 2.05) is 12.1 Å². The average molecular weight is 288 g/mol. The molecule has 0 heterocycles. The van der Waals surface area contributed by atoms with Gasteiger partial charge in [0.25, 0.3) is 0 Å². The molecule has 0 radical (unpaired) electrons. The van der Waals surface area contributed by atoms with Crippen molar-refractivity contribution in [1.29, 1.82) is 10.5 Å². The standard InChI is InChI=1S/C18H12N2O2/c1-22-17-5-3-2-4-16(17)18(21)15(12-20)10-13-6-8-14(11-19)9-7-13/h2-10H,1H3/b15-10+. The highest BCUT2D eigenvalue weighted by Crippen LogP contribution is 2.21. The van der Waals surface area contributed by atoms with E-state index in [9.17, 15) is 10.1 Å². The van der Waals surface area contributed by atoms with Gasteiger partial charge in [-0.15, -0.1) is 0 Å². The number of carbonyl (C=O) groups excluding carboxylic acids is 1. The molecule has 0 bridgehead atoms. The van der Waals surface area contributed by atoms with Gasteiger partial charge in [-0.05, 0) is 35.9 Å². The van der Waals surface area contributed by atoms with E-state index in [2.05, 4.69) is 0 Å². The first-order chi connectivity index (χ1) is 10.7. The van der Waals surface area contributed by atoms with E-state index >= 15 is 0 Å². The third kappa shape index (κ3) is 3.20. The van der Waals surface area contributed by atoms with Crippen LogP contribution in [0.4, 0.5) is 0 Å². The zero-order chi connectivity index (χ0) is 15.9. The van der Waals surface area contributed by atoms with Crippen LogP contribution in [-0.4, -0.2) is 12.9 Å². The van der Waals surface area contributed by atoms with Gasteiger partial charge in [-0.2, -0.15) is 10.5 Å². The van der Waals surface area contributed by atoms with Gasteiger partial charge in [-0.25, -0.2) is 0 Å². The second kappa shape index (κ2) is 6.88. The summed E-state index contributed by atoms with van der Waals surface area (Å²) in [5.74, 6) is 0.0257. The van der Waals surface area contributed by atoms with Crippen LogP contribution >= 0.6 is 0 Å². The molecule has 0 spiro atoms. The number of rotatable bonds is 4. The summed E-state index contributed by atoms with van der Waals surface area (Å²) in [6, 6.07) is 17.3. The van der Waals surface area contributed by atoms with Crippen molar-refractivity contribution in [3.63, 3.8) is 0 Å². The van der Waals surface area contributed by atoms with Crippen LogP contribution in [0.3, 0.4) is 0 Å². The lowest BCUT2D eigenvalue weighted by atomic mass is 10.0. The van der Waals surface area contributed by atoms with E-state index in [1.165, 1.54) is 13.2 Å². The van der Waals surface area contributed by atoms with Crippen molar-refractivity contribution in [2.75, 3.05) is 7.11 Å². The molecule has 106 valence electrons. The minimum Gasteiger partial charge on any atom is -0.496 e. The van der Waals surface area contributed by atoms with Crippen LogP contribution in [0.1, 0.15) is 21.5 Å². The molecule has 2 aromatic carbocycles. The average Bonchev–Trinajstić information content (AvgIpc) is 2.59. The molecule has 0 atom stereocenters. The Morgan fingerprint density at radius 3 is 2.36 bits per heavy atom. The maximum Gasteiger partial charge on any atom is 0.207 e. The molecule has 4 heteroatoms. The Labute approximate surface area is 128 Å². The van der Waals surface area contributed by atoms with Gasteiger partial charge in [0.15, 0.2) is 0 Å². The third-order valence-corrected chi connectivity index (χ3v) is 3.07. The Morgan fingerprint density at radius 2 is 1.77 bits per heavy atom. The molecule has 2 aromatic rings. The summed E-state index contributed by atoms with van der Waals surface area (Å²) in [6.45, 7) is 0. The first-order valence-corrected chi connectivity index (χ1v) is 6.49. The predicted octanol–water partition coefficient (Wildman–Crippen LogP) is 3.36. The number of ketones is 1. The summed E-state index contributed by atoms with van der Waals surface area (Å²) >= 11 is 0. The second-order valence-electron chi connectivity index (χ2n) is 4.43. The molecule has 0 N–H and O–H groups in total. The van der Waals surface area contributed by atoms with Crippen LogP contribution in [0, 0.1) is 22.7 Å². The maximum absolute atomic E-state index is 12.5. The zero-order valence-electron chi connectivity index (χ0n) is 11.9. The normalized spacial score (nSPS) is 10.4. The monoisotopic (exact) mass is 288 g/mol. The van der Waals surface area contributed by atoms with Crippen molar-refractivity contribution in [3.8, 4) is 17.9 Å². The lowest BCUT2D eigenvalue weighted by Crippen LogP contribution is -2.04. The molecule has 22 heavy (non-hydrogen) atoms. The lowest BCUT2D eigenvalue weighted by molar-refractivity contribution is 0.103. The Bertz CT molecular complexity index is 806. The van der Waals surface area contributed by atoms with E-state index in [0.717, 1.165) is 0 Å². The number of methoxy groups -OCH3 is 1. The highest BCUT2D eigenvalue weighted by molar-refractivity contribution is 6.15. The summed E-state index contributed by atoms with van der Waals surface area (Å²) in [5.41, 5.74) is 1.55. The fourth-order valence-electron chi connectivity index (χ4n) is 1.95. The first kappa shape index (κ1) is 15.0. The topological polar surface area (TPSA) is 73.9 Å².